The van der Waals surface area contributed by atoms with Gasteiger partial charge in [-0.2, -0.15) is 4.98 Å². The van der Waals surface area contributed by atoms with Crippen molar-refractivity contribution in [2.45, 2.75) is 0 Å². The number of benzene rings is 2. The number of hydrogen-bond acceptors (Lipinski definition) is 4. The fourth-order valence-electron chi connectivity index (χ4n) is 1.75. The van der Waals surface area contributed by atoms with Gasteiger partial charge in [-0.05, 0) is 58.4 Å². The Bertz CT molecular complexity index is 753. The first-order valence-electron chi connectivity index (χ1n) is 5.78. The van der Waals surface area contributed by atoms with Crippen LogP contribution in [0.25, 0.3) is 22.8 Å². The summed E-state index contributed by atoms with van der Waals surface area (Å²) in [6.07, 6.45) is 0. The standard InChI is InChI=1S/C14H9Br2N3O/c15-9-3-6-11(12(16)7-9)14-18-13(19-20-14)8-1-4-10(17)5-2-8/h1-7H,17H2. The van der Waals surface area contributed by atoms with Gasteiger partial charge in [0.1, 0.15) is 0 Å². The van der Waals surface area contributed by atoms with E-state index >= 15 is 0 Å². The van der Waals surface area contributed by atoms with E-state index in [0.717, 1.165) is 20.1 Å². The highest BCUT2D eigenvalue weighted by atomic mass is 79.9. The topological polar surface area (TPSA) is 64.9 Å². The van der Waals surface area contributed by atoms with Gasteiger partial charge in [0.05, 0.1) is 5.56 Å². The highest BCUT2D eigenvalue weighted by molar-refractivity contribution is 9.11. The fraction of sp³-hybridized carbons (Fsp3) is 0. The SMILES string of the molecule is Nc1ccc(-c2noc(-c3ccc(Br)cc3Br)n2)cc1. The van der Waals surface area contributed by atoms with Gasteiger partial charge in [-0.3, -0.25) is 0 Å². The summed E-state index contributed by atoms with van der Waals surface area (Å²) in [5, 5.41) is 4.00. The largest absolute Gasteiger partial charge is 0.399 e. The molecule has 4 nitrogen and oxygen atoms in total. The van der Waals surface area contributed by atoms with Crippen LogP contribution in [0.2, 0.25) is 0 Å². The lowest BCUT2D eigenvalue weighted by atomic mass is 10.2. The molecule has 0 aliphatic heterocycles. The Balaban J connectivity index is 1.99. The zero-order valence-electron chi connectivity index (χ0n) is 10.2. The number of nitrogens with zero attached hydrogens (tertiary/aromatic N) is 2. The molecular weight excluding hydrogens is 386 g/mol. The number of aromatic nitrogens is 2. The van der Waals surface area contributed by atoms with Gasteiger partial charge in [0.2, 0.25) is 5.82 Å². The minimum absolute atomic E-state index is 0.469. The molecule has 100 valence electrons. The van der Waals surface area contributed by atoms with Crippen molar-refractivity contribution in [1.29, 1.82) is 0 Å². The molecule has 2 N–H and O–H groups in total. The molecule has 2 aromatic carbocycles. The van der Waals surface area contributed by atoms with Crippen molar-refractivity contribution in [1.82, 2.24) is 10.1 Å². The quantitative estimate of drug-likeness (QED) is 0.649. The van der Waals surface area contributed by atoms with E-state index in [-0.39, 0.29) is 0 Å². The third-order valence-corrected chi connectivity index (χ3v) is 3.91. The first-order chi connectivity index (χ1) is 9.63. The summed E-state index contributed by atoms with van der Waals surface area (Å²) >= 11 is 6.89. The molecule has 0 bridgehead atoms. The number of anilines is 1. The van der Waals surface area contributed by atoms with Gasteiger partial charge >= 0.3 is 0 Å². The van der Waals surface area contributed by atoms with Crippen LogP contribution in [-0.2, 0) is 0 Å². The highest BCUT2D eigenvalue weighted by Crippen LogP contribution is 2.31. The average Bonchev–Trinajstić information content (AvgIpc) is 2.89. The van der Waals surface area contributed by atoms with Crippen molar-refractivity contribution in [3.63, 3.8) is 0 Å². The van der Waals surface area contributed by atoms with E-state index < -0.39 is 0 Å². The second-order valence-electron chi connectivity index (χ2n) is 4.17. The predicted octanol–water partition coefficient (Wildman–Crippen LogP) is 4.51. The molecule has 1 heterocycles. The van der Waals surface area contributed by atoms with Crippen LogP contribution in [0, 0.1) is 0 Å². The Morgan fingerprint density at radius 1 is 1.00 bits per heavy atom. The molecule has 0 unspecified atom stereocenters. The van der Waals surface area contributed by atoms with Crippen molar-refractivity contribution >= 4 is 37.5 Å². The summed E-state index contributed by atoms with van der Waals surface area (Å²) in [4.78, 5) is 4.41. The molecule has 0 aliphatic rings. The number of rotatable bonds is 2. The molecule has 0 aliphatic carbocycles. The maximum Gasteiger partial charge on any atom is 0.259 e. The van der Waals surface area contributed by atoms with Crippen LogP contribution in [0.15, 0.2) is 55.9 Å². The van der Waals surface area contributed by atoms with Crippen LogP contribution in [0.1, 0.15) is 0 Å². The lowest BCUT2D eigenvalue weighted by Gasteiger charge is -1.99. The summed E-state index contributed by atoms with van der Waals surface area (Å²) in [6.45, 7) is 0. The minimum Gasteiger partial charge on any atom is -0.399 e. The highest BCUT2D eigenvalue weighted by Gasteiger charge is 2.13. The van der Waals surface area contributed by atoms with Crippen LogP contribution in [0.3, 0.4) is 0 Å². The Hall–Kier alpha value is -1.66. The Morgan fingerprint density at radius 2 is 1.75 bits per heavy atom. The lowest BCUT2D eigenvalue weighted by molar-refractivity contribution is 0.432. The van der Waals surface area contributed by atoms with Gasteiger partial charge in [0.25, 0.3) is 5.89 Å². The number of hydrogen-bond donors (Lipinski definition) is 1. The minimum atomic E-state index is 0.469. The first kappa shape index (κ1) is 13.3. The molecule has 0 saturated carbocycles. The van der Waals surface area contributed by atoms with Crippen molar-refractivity contribution in [2.75, 3.05) is 5.73 Å². The van der Waals surface area contributed by atoms with E-state index in [1.54, 1.807) is 12.1 Å². The van der Waals surface area contributed by atoms with Gasteiger partial charge in [-0.25, -0.2) is 0 Å². The normalized spacial score (nSPS) is 10.7. The Morgan fingerprint density at radius 3 is 2.45 bits per heavy atom. The zero-order chi connectivity index (χ0) is 14.1. The summed E-state index contributed by atoms with van der Waals surface area (Å²) in [7, 11) is 0. The first-order valence-corrected chi connectivity index (χ1v) is 7.37. The molecular formula is C14H9Br2N3O. The van der Waals surface area contributed by atoms with E-state index in [2.05, 4.69) is 42.0 Å². The van der Waals surface area contributed by atoms with Gasteiger partial charge < -0.3 is 10.3 Å². The lowest BCUT2D eigenvalue weighted by Crippen LogP contribution is -1.85. The molecule has 0 spiro atoms. The number of nitrogen functional groups attached to an aromatic ring is 1. The van der Waals surface area contributed by atoms with Gasteiger partial charge in [-0.15, -0.1) is 0 Å². The van der Waals surface area contributed by atoms with Crippen molar-refractivity contribution in [2.24, 2.45) is 0 Å². The Kier molecular flexibility index (Phi) is 3.58. The van der Waals surface area contributed by atoms with Gasteiger partial charge in [-0.1, -0.05) is 21.1 Å². The van der Waals surface area contributed by atoms with E-state index in [4.69, 9.17) is 10.3 Å². The number of halogens is 2. The maximum atomic E-state index is 5.66. The predicted molar refractivity (Wildman–Crippen MR) is 85.0 cm³/mol. The van der Waals surface area contributed by atoms with Crippen LogP contribution >= 0.6 is 31.9 Å². The van der Waals surface area contributed by atoms with Gasteiger partial charge in [0, 0.05) is 20.2 Å². The maximum absolute atomic E-state index is 5.66. The van der Waals surface area contributed by atoms with Crippen LogP contribution in [0.4, 0.5) is 5.69 Å². The molecule has 1 aromatic heterocycles. The number of nitrogens with two attached hydrogens (primary N) is 1. The van der Waals surface area contributed by atoms with E-state index in [0.29, 0.717) is 17.4 Å². The zero-order valence-corrected chi connectivity index (χ0v) is 13.3. The molecule has 0 radical (unpaired) electrons. The van der Waals surface area contributed by atoms with Gasteiger partial charge in [0.15, 0.2) is 0 Å². The molecule has 0 saturated heterocycles. The molecule has 0 atom stereocenters. The molecule has 0 fully saturated rings. The third kappa shape index (κ3) is 2.62. The van der Waals surface area contributed by atoms with Crippen molar-refractivity contribution < 1.29 is 4.52 Å². The van der Waals surface area contributed by atoms with E-state index in [1.165, 1.54) is 0 Å². The monoisotopic (exact) mass is 393 g/mol. The summed E-state index contributed by atoms with van der Waals surface area (Å²) < 4.78 is 7.18. The summed E-state index contributed by atoms with van der Waals surface area (Å²) in [5.41, 5.74) is 8.07. The summed E-state index contributed by atoms with van der Waals surface area (Å²) in [6, 6.07) is 13.1. The second kappa shape index (κ2) is 5.38. The van der Waals surface area contributed by atoms with E-state index in [9.17, 15) is 0 Å². The van der Waals surface area contributed by atoms with Crippen molar-refractivity contribution in [3.8, 4) is 22.8 Å². The molecule has 3 aromatic rings. The van der Waals surface area contributed by atoms with Crippen LogP contribution in [0.5, 0.6) is 0 Å². The third-order valence-electron chi connectivity index (χ3n) is 2.76. The molecule has 6 heteroatoms. The summed E-state index contributed by atoms with van der Waals surface area (Å²) in [5.74, 6) is 1.01. The van der Waals surface area contributed by atoms with Crippen molar-refractivity contribution in [3.05, 3.63) is 51.4 Å². The molecule has 3 rings (SSSR count). The van der Waals surface area contributed by atoms with E-state index in [1.807, 2.05) is 30.3 Å². The van der Waals surface area contributed by atoms with Crippen LogP contribution < -0.4 is 5.73 Å². The Labute approximate surface area is 132 Å². The van der Waals surface area contributed by atoms with Crippen LogP contribution in [-0.4, -0.2) is 10.1 Å². The second-order valence-corrected chi connectivity index (χ2v) is 5.94. The fourth-order valence-corrected chi connectivity index (χ4v) is 2.96. The smallest absolute Gasteiger partial charge is 0.259 e. The molecule has 20 heavy (non-hydrogen) atoms. The average molecular weight is 395 g/mol. The molecule has 0 amide bonds.